The highest BCUT2D eigenvalue weighted by molar-refractivity contribution is 5.77. The van der Waals surface area contributed by atoms with Gasteiger partial charge in [-0.2, -0.15) is 0 Å². The van der Waals surface area contributed by atoms with Gasteiger partial charge < -0.3 is 20.5 Å². The van der Waals surface area contributed by atoms with Crippen LogP contribution in [-0.2, 0) is 4.79 Å². The fourth-order valence-corrected chi connectivity index (χ4v) is 3.14. The summed E-state index contributed by atoms with van der Waals surface area (Å²) in [7, 11) is 0. The molecule has 0 radical (unpaired) electrons. The fourth-order valence-electron chi connectivity index (χ4n) is 3.14. The number of fused-ring (bicyclic) bond motifs is 1. The van der Waals surface area contributed by atoms with Gasteiger partial charge in [0.05, 0.1) is 6.04 Å². The number of amides is 1. The van der Waals surface area contributed by atoms with Crippen molar-refractivity contribution in [2.24, 2.45) is 11.7 Å². The van der Waals surface area contributed by atoms with Gasteiger partial charge in [0, 0.05) is 12.5 Å². The first-order valence-electron chi connectivity index (χ1n) is 9.04. The van der Waals surface area contributed by atoms with Gasteiger partial charge >= 0.3 is 0 Å². The molecular formula is C21H26N2O3. The Morgan fingerprint density at radius 2 is 1.73 bits per heavy atom. The van der Waals surface area contributed by atoms with E-state index in [4.69, 9.17) is 15.2 Å². The van der Waals surface area contributed by atoms with Gasteiger partial charge in [-0.15, -0.1) is 0 Å². The summed E-state index contributed by atoms with van der Waals surface area (Å²) in [5, 5.41) is 3.12. The zero-order valence-corrected chi connectivity index (χ0v) is 15.3. The van der Waals surface area contributed by atoms with E-state index in [-0.39, 0.29) is 30.3 Å². The minimum absolute atomic E-state index is 0.0602. The van der Waals surface area contributed by atoms with Gasteiger partial charge in [-0.3, -0.25) is 4.79 Å². The molecule has 1 aliphatic heterocycles. The molecule has 0 saturated carbocycles. The van der Waals surface area contributed by atoms with Crippen molar-refractivity contribution in [2.75, 3.05) is 13.2 Å². The van der Waals surface area contributed by atoms with Crippen molar-refractivity contribution in [3.8, 4) is 11.5 Å². The number of carbonyl (C=O) groups is 1. The molecule has 0 fully saturated rings. The van der Waals surface area contributed by atoms with Crippen LogP contribution in [0.5, 0.6) is 11.5 Å². The number of nitrogens with two attached hydrogens (primary N) is 1. The Labute approximate surface area is 154 Å². The van der Waals surface area contributed by atoms with Crippen molar-refractivity contribution in [1.29, 1.82) is 0 Å². The highest BCUT2D eigenvalue weighted by Crippen LogP contribution is 2.34. The molecule has 138 valence electrons. The Morgan fingerprint density at radius 1 is 1.04 bits per heavy atom. The summed E-state index contributed by atoms with van der Waals surface area (Å²) in [4.78, 5) is 12.6. The number of hydrogen-bond donors (Lipinski definition) is 2. The molecule has 0 aromatic heterocycles. The van der Waals surface area contributed by atoms with Gasteiger partial charge in [-0.25, -0.2) is 0 Å². The third-order valence-electron chi connectivity index (χ3n) is 4.54. The molecule has 1 heterocycles. The average Bonchev–Trinajstić information content (AvgIpc) is 2.66. The fraction of sp³-hybridized carbons (Fsp3) is 0.381. The van der Waals surface area contributed by atoms with Crippen molar-refractivity contribution in [3.63, 3.8) is 0 Å². The number of benzene rings is 2. The maximum Gasteiger partial charge on any atom is 0.222 e. The Hall–Kier alpha value is -2.53. The van der Waals surface area contributed by atoms with Crippen molar-refractivity contribution < 1.29 is 14.3 Å². The van der Waals surface area contributed by atoms with E-state index < -0.39 is 0 Å². The Bertz CT molecular complexity index is 746. The number of nitrogens with one attached hydrogen (secondary N) is 1. The van der Waals surface area contributed by atoms with Crippen molar-refractivity contribution in [1.82, 2.24) is 5.32 Å². The van der Waals surface area contributed by atoms with Crippen LogP contribution in [0.15, 0.2) is 48.5 Å². The van der Waals surface area contributed by atoms with Gasteiger partial charge in [0.25, 0.3) is 0 Å². The zero-order valence-electron chi connectivity index (χ0n) is 15.3. The molecule has 2 unspecified atom stereocenters. The molecule has 0 spiro atoms. The van der Waals surface area contributed by atoms with Crippen LogP contribution in [0, 0.1) is 5.92 Å². The molecule has 0 aliphatic carbocycles. The summed E-state index contributed by atoms with van der Waals surface area (Å²) in [6.45, 7) is 5.27. The smallest absolute Gasteiger partial charge is 0.222 e. The maximum absolute atomic E-state index is 12.6. The van der Waals surface area contributed by atoms with Crippen LogP contribution in [0.1, 0.15) is 43.5 Å². The second-order valence-electron chi connectivity index (χ2n) is 6.91. The number of ether oxygens (including phenoxy) is 2. The molecule has 0 saturated heterocycles. The molecule has 2 aromatic rings. The van der Waals surface area contributed by atoms with Crippen molar-refractivity contribution >= 4 is 5.91 Å². The van der Waals surface area contributed by atoms with Crippen LogP contribution in [0.4, 0.5) is 0 Å². The van der Waals surface area contributed by atoms with Gasteiger partial charge in [-0.1, -0.05) is 50.2 Å². The predicted molar refractivity (Wildman–Crippen MR) is 101 cm³/mol. The summed E-state index contributed by atoms with van der Waals surface area (Å²) >= 11 is 0. The standard InChI is InChI=1S/C21H26N2O3/c1-14(2)21(16-8-9-18-19(12-16)26-11-10-25-18)23-20(24)13-17(22)15-6-4-3-5-7-15/h3-9,12,14,17,21H,10-11,13,22H2,1-2H3,(H,23,24). The van der Waals surface area contributed by atoms with E-state index in [1.807, 2.05) is 48.5 Å². The average molecular weight is 354 g/mol. The predicted octanol–water partition coefficient (Wildman–Crippen LogP) is 3.36. The first kappa shape index (κ1) is 18.3. The molecule has 2 aromatic carbocycles. The quantitative estimate of drug-likeness (QED) is 0.834. The topological polar surface area (TPSA) is 73.6 Å². The van der Waals surface area contributed by atoms with Crippen LogP contribution in [-0.4, -0.2) is 19.1 Å². The van der Waals surface area contributed by atoms with E-state index in [1.165, 1.54) is 0 Å². The molecule has 2 atom stereocenters. The van der Waals surface area contributed by atoms with E-state index in [0.29, 0.717) is 13.2 Å². The Kier molecular flexibility index (Phi) is 5.78. The highest BCUT2D eigenvalue weighted by Gasteiger charge is 2.22. The van der Waals surface area contributed by atoms with Crippen LogP contribution in [0.2, 0.25) is 0 Å². The van der Waals surface area contributed by atoms with Crippen molar-refractivity contribution in [3.05, 3.63) is 59.7 Å². The number of rotatable bonds is 6. The molecule has 1 amide bonds. The largest absolute Gasteiger partial charge is 0.486 e. The van der Waals surface area contributed by atoms with Gasteiger partial charge in [-0.05, 0) is 29.2 Å². The van der Waals surface area contributed by atoms with Crippen molar-refractivity contribution in [2.45, 2.75) is 32.4 Å². The third kappa shape index (κ3) is 4.35. The van der Waals surface area contributed by atoms with E-state index in [2.05, 4.69) is 19.2 Å². The minimum atomic E-state index is -0.315. The monoisotopic (exact) mass is 354 g/mol. The molecular weight excluding hydrogens is 328 g/mol. The van der Waals surface area contributed by atoms with E-state index in [0.717, 1.165) is 22.6 Å². The second-order valence-corrected chi connectivity index (χ2v) is 6.91. The van der Waals surface area contributed by atoms with Crippen LogP contribution >= 0.6 is 0 Å². The second kappa shape index (κ2) is 8.23. The van der Waals surface area contributed by atoms with Gasteiger partial charge in [0.15, 0.2) is 11.5 Å². The SMILES string of the molecule is CC(C)C(NC(=O)CC(N)c1ccccc1)c1ccc2c(c1)OCCO2. The summed E-state index contributed by atoms with van der Waals surface area (Å²) in [6.07, 6.45) is 0.248. The highest BCUT2D eigenvalue weighted by atomic mass is 16.6. The third-order valence-corrected chi connectivity index (χ3v) is 4.54. The van der Waals surface area contributed by atoms with Gasteiger partial charge in [0.2, 0.25) is 5.91 Å². The lowest BCUT2D eigenvalue weighted by molar-refractivity contribution is -0.122. The molecule has 26 heavy (non-hydrogen) atoms. The lowest BCUT2D eigenvalue weighted by Gasteiger charge is -2.26. The summed E-state index contributed by atoms with van der Waals surface area (Å²) in [5.41, 5.74) is 8.15. The Morgan fingerprint density at radius 3 is 2.42 bits per heavy atom. The lowest BCUT2D eigenvalue weighted by atomic mass is 9.95. The molecule has 1 aliphatic rings. The minimum Gasteiger partial charge on any atom is -0.486 e. The summed E-state index contributed by atoms with van der Waals surface area (Å²) in [5.74, 6) is 1.65. The van der Waals surface area contributed by atoms with Crippen LogP contribution < -0.4 is 20.5 Å². The molecule has 0 bridgehead atoms. The normalized spacial score (nSPS) is 15.4. The van der Waals surface area contributed by atoms with Crippen LogP contribution in [0.25, 0.3) is 0 Å². The lowest BCUT2D eigenvalue weighted by Crippen LogP contribution is -2.33. The Balaban J connectivity index is 1.69. The maximum atomic E-state index is 12.6. The van der Waals surface area contributed by atoms with E-state index in [1.54, 1.807) is 0 Å². The van der Waals surface area contributed by atoms with E-state index >= 15 is 0 Å². The van der Waals surface area contributed by atoms with Gasteiger partial charge in [0.1, 0.15) is 13.2 Å². The molecule has 5 nitrogen and oxygen atoms in total. The summed E-state index contributed by atoms with van der Waals surface area (Å²) < 4.78 is 11.2. The molecule has 5 heteroatoms. The first-order chi connectivity index (χ1) is 12.5. The van der Waals surface area contributed by atoms with Crippen LogP contribution in [0.3, 0.4) is 0 Å². The molecule has 3 N–H and O–H groups in total. The van der Waals surface area contributed by atoms with E-state index in [9.17, 15) is 4.79 Å². The first-order valence-corrected chi connectivity index (χ1v) is 9.04. The zero-order chi connectivity index (χ0) is 18.5. The summed E-state index contributed by atoms with van der Waals surface area (Å²) in [6, 6.07) is 15.1. The number of carbonyl (C=O) groups excluding carboxylic acids is 1. The molecule has 3 rings (SSSR count). The number of hydrogen-bond acceptors (Lipinski definition) is 4.